The first-order valence-electron chi connectivity index (χ1n) is 7.38. The van der Waals surface area contributed by atoms with E-state index in [4.69, 9.17) is 0 Å². The maximum atomic E-state index is 12.7. The number of nitrogens with zero attached hydrogens (tertiary/aromatic N) is 3. The fraction of sp³-hybridized carbons (Fsp3) is 0.176. The Labute approximate surface area is 133 Å². The van der Waals surface area contributed by atoms with Crippen LogP contribution < -0.4 is 5.32 Å². The molecular formula is C17H17N5O. The third kappa shape index (κ3) is 3.60. The fourth-order valence-corrected chi connectivity index (χ4v) is 2.40. The van der Waals surface area contributed by atoms with Crippen LogP contribution in [-0.2, 0) is 11.2 Å². The van der Waals surface area contributed by atoms with Crippen molar-refractivity contribution in [3.63, 3.8) is 0 Å². The molecule has 0 spiro atoms. The van der Waals surface area contributed by atoms with Crippen molar-refractivity contribution in [2.75, 3.05) is 5.32 Å². The molecule has 1 heterocycles. The van der Waals surface area contributed by atoms with E-state index in [0.717, 1.165) is 16.8 Å². The van der Waals surface area contributed by atoms with Gasteiger partial charge in [-0.2, -0.15) is 5.21 Å². The maximum Gasteiger partial charge on any atom is 0.235 e. The molecule has 1 atom stereocenters. The van der Waals surface area contributed by atoms with Gasteiger partial charge in [-0.15, -0.1) is 10.2 Å². The van der Waals surface area contributed by atoms with Crippen LogP contribution in [0.1, 0.15) is 22.9 Å². The van der Waals surface area contributed by atoms with Gasteiger partial charge >= 0.3 is 0 Å². The van der Waals surface area contributed by atoms with E-state index in [1.54, 1.807) is 0 Å². The topological polar surface area (TPSA) is 83.6 Å². The molecule has 1 amide bonds. The van der Waals surface area contributed by atoms with Gasteiger partial charge in [0.25, 0.3) is 0 Å². The summed E-state index contributed by atoms with van der Waals surface area (Å²) in [5.74, 6) is -0.264. The van der Waals surface area contributed by atoms with E-state index >= 15 is 0 Å². The third-order valence-corrected chi connectivity index (χ3v) is 3.68. The molecule has 1 aromatic heterocycles. The number of para-hydroxylation sites is 1. The van der Waals surface area contributed by atoms with Crippen molar-refractivity contribution in [1.82, 2.24) is 20.6 Å². The number of aromatic amines is 1. The Morgan fingerprint density at radius 3 is 2.57 bits per heavy atom. The number of carbonyl (C=O) groups is 1. The quantitative estimate of drug-likeness (QED) is 0.758. The van der Waals surface area contributed by atoms with Crippen LogP contribution >= 0.6 is 0 Å². The Kier molecular flexibility index (Phi) is 4.42. The summed E-state index contributed by atoms with van der Waals surface area (Å²) in [5.41, 5.74) is 2.84. The van der Waals surface area contributed by atoms with Crippen LogP contribution in [-0.4, -0.2) is 26.5 Å². The van der Waals surface area contributed by atoms with Gasteiger partial charge in [-0.1, -0.05) is 53.7 Å². The van der Waals surface area contributed by atoms with Gasteiger partial charge in [0, 0.05) is 5.69 Å². The van der Waals surface area contributed by atoms with Gasteiger partial charge in [0.2, 0.25) is 5.91 Å². The Morgan fingerprint density at radius 2 is 1.87 bits per heavy atom. The molecule has 2 aromatic carbocycles. The lowest BCUT2D eigenvalue weighted by atomic mass is 9.97. The number of hydrogen-bond donors (Lipinski definition) is 2. The second-order valence-corrected chi connectivity index (χ2v) is 5.32. The zero-order valence-corrected chi connectivity index (χ0v) is 12.7. The SMILES string of the molecule is Cc1ccccc1NC(=O)C(Cc1ccccc1)c1nn[nH]n1. The number of amides is 1. The molecule has 3 rings (SSSR count). The molecule has 0 aliphatic rings. The molecule has 0 radical (unpaired) electrons. The molecular weight excluding hydrogens is 290 g/mol. The zero-order chi connectivity index (χ0) is 16.1. The second-order valence-electron chi connectivity index (χ2n) is 5.32. The minimum atomic E-state index is -0.504. The lowest BCUT2D eigenvalue weighted by molar-refractivity contribution is -0.117. The Balaban J connectivity index is 1.83. The summed E-state index contributed by atoms with van der Waals surface area (Å²) in [6.45, 7) is 1.95. The first kappa shape index (κ1) is 14.9. The average Bonchev–Trinajstić information content (AvgIpc) is 3.10. The molecule has 0 aliphatic heterocycles. The van der Waals surface area contributed by atoms with Crippen molar-refractivity contribution in [2.24, 2.45) is 0 Å². The van der Waals surface area contributed by atoms with Crippen LogP contribution in [0.25, 0.3) is 0 Å². The smallest absolute Gasteiger partial charge is 0.235 e. The number of tetrazole rings is 1. The lowest BCUT2D eigenvalue weighted by Gasteiger charge is -2.15. The van der Waals surface area contributed by atoms with E-state index in [1.165, 1.54) is 0 Å². The van der Waals surface area contributed by atoms with Crippen LogP contribution in [0.15, 0.2) is 54.6 Å². The number of H-pyrrole nitrogens is 1. The highest BCUT2D eigenvalue weighted by Crippen LogP contribution is 2.21. The molecule has 0 bridgehead atoms. The molecule has 0 aliphatic carbocycles. The van der Waals surface area contributed by atoms with E-state index in [0.29, 0.717) is 12.2 Å². The Bertz CT molecular complexity index is 771. The van der Waals surface area contributed by atoms with Crippen molar-refractivity contribution >= 4 is 11.6 Å². The molecule has 0 saturated heterocycles. The normalized spacial score (nSPS) is 11.9. The zero-order valence-electron chi connectivity index (χ0n) is 12.7. The molecule has 2 N–H and O–H groups in total. The van der Waals surface area contributed by atoms with Gasteiger partial charge in [0.1, 0.15) is 5.92 Å². The van der Waals surface area contributed by atoms with Crippen LogP contribution in [0, 0.1) is 6.92 Å². The van der Waals surface area contributed by atoms with E-state index in [2.05, 4.69) is 25.9 Å². The van der Waals surface area contributed by atoms with Crippen molar-refractivity contribution in [3.05, 3.63) is 71.5 Å². The highest BCUT2D eigenvalue weighted by atomic mass is 16.1. The standard InChI is InChI=1S/C17H17N5O/c1-12-7-5-6-10-15(12)18-17(23)14(16-19-21-22-20-16)11-13-8-3-2-4-9-13/h2-10,14H,11H2,1H3,(H,18,23)(H,19,20,21,22). The minimum Gasteiger partial charge on any atom is -0.325 e. The van der Waals surface area contributed by atoms with Crippen molar-refractivity contribution < 1.29 is 4.79 Å². The van der Waals surface area contributed by atoms with E-state index in [1.807, 2.05) is 61.5 Å². The summed E-state index contributed by atoms with van der Waals surface area (Å²) in [4.78, 5) is 12.7. The van der Waals surface area contributed by atoms with Crippen molar-refractivity contribution in [2.45, 2.75) is 19.3 Å². The number of nitrogens with one attached hydrogen (secondary N) is 2. The van der Waals surface area contributed by atoms with E-state index in [-0.39, 0.29) is 5.91 Å². The molecule has 6 heteroatoms. The largest absolute Gasteiger partial charge is 0.325 e. The highest BCUT2D eigenvalue weighted by Gasteiger charge is 2.25. The van der Waals surface area contributed by atoms with Crippen LogP contribution in [0.4, 0.5) is 5.69 Å². The number of benzene rings is 2. The first-order chi connectivity index (χ1) is 11.2. The number of hydrogen-bond acceptors (Lipinski definition) is 4. The summed E-state index contributed by atoms with van der Waals surface area (Å²) in [6, 6.07) is 17.5. The molecule has 0 fully saturated rings. The first-order valence-corrected chi connectivity index (χ1v) is 7.38. The predicted molar refractivity (Wildman–Crippen MR) is 86.9 cm³/mol. The average molecular weight is 307 g/mol. The minimum absolute atomic E-state index is 0.149. The number of rotatable bonds is 5. The van der Waals surface area contributed by atoms with Gasteiger partial charge < -0.3 is 5.32 Å². The van der Waals surface area contributed by atoms with Gasteiger partial charge in [0.15, 0.2) is 5.82 Å². The third-order valence-electron chi connectivity index (χ3n) is 3.68. The monoisotopic (exact) mass is 307 g/mol. The summed E-state index contributed by atoms with van der Waals surface area (Å²) in [5, 5.41) is 16.9. The van der Waals surface area contributed by atoms with Gasteiger partial charge in [-0.3, -0.25) is 4.79 Å². The fourth-order valence-electron chi connectivity index (χ4n) is 2.40. The molecule has 6 nitrogen and oxygen atoms in total. The number of carbonyl (C=O) groups excluding carboxylic acids is 1. The molecule has 0 saturated carbocycles. The summed E-state index contributed by atoms with van der Waals surface area (Å²) in [6.07, 6.45) is 0.512. The maximum absolute atomic E-state index is 12.7. The van der Waals surface area contributed by atoms with Crippen molar-refractivity contribution in [1.29, 1.82) is 0 Å². The van der Waals surface area contributed by atoms with Crippen LogP contribution in [0.5, 0.6) is 0 Å². The number of aryl methyl sites for hydroxylation is 1. The van der Waals surface area contributed by atoms with Gasteiger partial charge in [-0.05, 0) is 30.5 Å². The van der Waals surface area contributed by atoms with Gasteiger partial charge in [0.05, 0.1) is 0 Å². The Hall–Kier alpha value is -3.02. The summed E-state index contributed by atoms with van der Waals surface area (Å²) < 4.78 is 0. The summed E-state index contributed by atoms with van der Waals surface area (Å²) in [7, 11) is 0. The number of anilines is 1. The predicted octanol–water partition coefficient (Wildman–Crippen LogP) is 2.47. The lowest BCUT2D eigenvalue weighted by Crippen LogP contribution is -2.24. The highest BCUT2D eigenvalue weighted by molar-refractivity contribution is 5.96. The van der Waals surface area contributed by atoms with E-state index < -0.39 is 5.92 Å². The number of aromatic nitrogens is 4. The molecule has 1 unspecified atom stereocenters. The second kappa shape index (κ2) is 6.83. The summed E-state index contributed by atoms with van der Waals surface area (Å²) >= 11 is 0. The van der Waals surface area contributed by atoms with Crippen LogP contribution in [0.2, 0.25) is 0 Å². The van der Waals surface area contributed by atoms with Crippen molar-refractivity contribution in [3.8, 4) is 0 Å². The van der Waals surface area contributed by atoms with E-state index in [9.17, 15) is 4.79 Å². The molecule has 3 aromatic rings. The van der Waals surface area contributed by atoms with Gasteiger partial charge in [-0.25, -0.2) is 0 Å². The molecule has 23 heavy (non-hydrogen) atoms. The van der Waals surface area contributed by atoms with Crippen LogP contribution in [0.3, 0.4) is 0 Å². The Morgan fingerprint density at radius 1 is 1.13 bits per heavy atom. The molecule has 116 valence electrons.